The fraction of sp³-hybridized carbons (Fsp3) is 1.00. The molecule has 0 atom stereocenters. The number of rotatable bonds is 0. The first-order chi connectivity index (χ1) is 3.79. The smallest absolute Gasteiger partial charge is 0.0169 e. The van der Waals surface area contributed by atoms with Gasteiger partial charge in [0.05, 0.1) is 0 Å². The Hall–Kier alpha value is 0.400. The predicted octanol–water partition coefficient (Wildman–Crippen LogP) is 1.34. The van der Waals surface area contributed by atoms with Gasteiger partial charge in [-0.15, -0.1) is 0 Å². The number of piperidine rings is 1. The Morgan fingerprint density at radius 3 is 2.25 bits per heavy atom. The SMILES string of the molecule is [O-]N1CCC(Br)CC1. The summed E-state index contributed by atoms with van der Waals surface area (Å²) in [7, 11) is 0. The molecule has 1 saturated heterocycles. The molecule has 48 valence electrons. The van der Waals surface area contributed by atoms with Crippen LogP contribution in [0.3, 0.4) is 0 Å². The number of hydrogen-bond acceptors (Lipinski definition) is 2. The van der Waals surface area contributed by atoms with Crippen LogP contribution in [0.1, 0.15) is 12.8 Å². The van der Waals surface area contributed by atoms with Gasteiger partial charge in [-0.05, 0) is 25.9 Å². The van der Waals surface area contributed by atoms with Crippen LogP contribution in [0.5, 0.6) is 0 Å². The number of halogens is 1. The van der Waals surface area contributed by atoms with Crippen molar-refractivity contribution in [3.63, 3.8) is 0 Å². The van der Waals surface area contributed by atoms with Gasteiger partial charge < -0.3 is 10.3 Å². The van der Waals surface area contributed by atoms with E-state index < -0.39 is 0 Å². The van der Waals surface area contributed by atoms with Gasteiger partial charge in [0, 0.05) is 4.83 Å². The summed E-state index contributed by atoms with van der Waals surface area (Å²) in [6.45, 7) is 1.41. The van der Waals surface area contributed by atoms with Crippen LogP contribution in [0.4, 0.5) is 0 Å². The largest absolute Gasteiger partial charge is 0.785 e. The quantitative estimate of drug-likeness (QED) is 0.524. The summed E-state index contributed by atoms with van der Waals surface area (Å²) in [5, 5.41) is 11.6. The molecule has 0 N–H and O–H groups in total. The summed E-state index contributed by atoms with van der Waals surface area (Å²) < 4.78 is 0. The Morgan fingerprint density at radius 1 is 1.38 bits per heavy atom. The number of nitrogens with zero attached hydrogens (tertiary/aromatic N) is 1. The zero-order valence-electron chi connectivity index (χ0n) is 4.64. The molecule has 1 rings (SSSR count). The minimum atomic E-state index is 0.590. The van der Waals surface area contributed by atoms with E-state index in [-0.39, 0.29) is 0 Å². The Labute approximate surface area is 57.6 Å². The highest BCUT2D eigenvalue weighted by atomic mass is 79.9. The van der Waals surface area contributed by atoms with Crippen molar-refractivity contribution in [1.29, 1.82) is 0 Å². The van der Waals surface area contributed by atoms with E-state index in [1.54, 1.807) is 0 Å². The van der Waals surface area contributed by atoms with Crippen LogP contribution in [-0.2, 0) is 0 Å². The van der Waals surface area contributed by atoms with Gasteiger partial charge in [0.1, 0.15) is 0 Å². The van der Waals surface area contributed by atoms with Gasteiger partial charge in [-0.1, -0.05) is 15.9 Å². The molecule has 1 fully saturated rings. The van der Waals surface area contributed by atoms with E-state index in [2.05, 4.69) is 15.9 Å². The van der Waals surface area contributed by atoms with Gasteiger partial charge in [-0.25, -0.2) is 0 Å². The van der Waals surface area contributed by atoms with Crippen molar-refractivity contribution in [2.75, 3.05) is 13.1 Å². The second-order valence-corrected chi connectivity index (χ2v) is 3.40. The van der Waals surface area contributed by atoms with Crippen LogP contribution < -0.4 is 0 Å². The number of hydroxylamine groups is 2. The summed E-state index contributed by atoms with van der Waals surface area (Å²) in [6, 6.07) is 0. The molecular weight excluding hydrogens is 170 g/mol. The molecule has 0 aromatic heterocycles. The lowest BCUT2D eigenvalue weighted by Crippen LogP contribution is -2.28. The average Bonchev–Trinajstić information content (AvgIpc) is 1.77. The highest BCUT2D eigenvalue weighted by molar-refractivity contribution is 9.09. The molecule has 3 heteroatoms. The van der Waals surface area contributed by atoms with Crippen molar-refractivity contribution in [3.8, 4) is 0 Å². The van der Waals surface area contributed by atoms with Gasteiger partial charge >= 0.3 is 0 Å². The monoisotopic (exact) mass is 178 g/mol. The van der Waals surface area contributed by atoms with Crippen molar-refractivity contribution in [1.82, 2.24) is 5.06 Å². The van der Waals surface area contributed by atoms with Crippen molar-refractivity contribution in [2.45, 2.75) is 17.7 Å². The Bertz CT molecular complexity index is 60.8. The van der Waals surface area contributed by atoms with E-state index in [1.807, 2.05) is 0 Å². The first-order valence-corrected chi connectivity index (χ1v) is 3.77. The fourth-order valence-corrected chi connectivity index (χ4v) is 1.23. The lowest BCUT2D eigenvalue weighted by molar-refractivity contribution is 0.318. The third-order valence-corrected chi connectivity index (χ3v) is 2.30. The van der Waals surface area contributed by atoms with E-state index in [0.29, 0.717) is 17.9 Å². The third-order valence-electron chi connectivity index (χ3n) is 1.38. The van der Waals surface area contributed by atoms with Crippen LogP contribution in [0.2, 0.25) is 0 Å². The normalized spacial score (nSPS) is 26.2. The van der Waals surface area contributed by atoms with Gasteiger partial charge in [0.25, 0.3) is 0 Å². The Kier molecular flexibility index (Phi) is 2.28. The first-order valence-electron chi connectivity index (χ1n) is 2.85. The molecule has 0 unspecified atom stereocenters. The average molecular weight is 179 g/mol. The molecule has 0 aromatic carbocycles. The highest BCUT2D eigenvalue weighted by Gasteiger charge is 2.09. The molecule has 0 saturated carbocycles. The maximum atomic E-state index is 10.5. The van der Waals surface area contributed by atoms with E-state index in [1.165, 1.54) is 0 Å². The molecule has 1 aliphatic heterocycles. The zero-order chi connectivity index (χ0) is 5.98. The molecule has 1 aliphatic rings. The Balaban J connectivity index is 2.19. The summed E-state index contributed by atoms with van der Waals surface area (Å²) >= 11 is 3.45. The number of hydrogen-bond donors (Lipinski definition) is 0. The topological polar surface area (TPSA) is 26.3 Å². The van der Waals surface area contributed by atoms with Crippen LogP contribution in [0.25, 0.3) is 0 Å². The van der Waals surface area contributed by atoms with Gasteiger partial charge in [0.15, 0.2) is 0 Å². The Morgan fingerprint density at radius 2 is 1.88 bits per heavy atom. The molecule has 1 heterocycles. The summed E-state index contributed by atoms with van der Waals surface area (Å²) in [5.41, 5.74) is 0. The molecule has 0 radical (unpaired) electrons. The molecular formula is C5H9BrNO-. The maximum absolute atomic E-state index is 10.5. The van der Waals surface area contributed by atoms with Crippen molar-refractivity contribution < 1.29 is 0 Å². The van der Waals surface area contributed by atoms with E-state index >= 15 is 0 Å². The highest BCUT2D eigenvalue weighted by Crippen LogP contribution is 2.15. The van der Waals surface area contributed by atoms with Crippen molar-refractivity contribution >= 4 is 15.9 Å². The molecule has 2 nitrogen and oxygen atoms in total. The van der Waals surface area contributed by atoms with E-state index in [4.69, 9.17) is 0 Å². The first kappa shape index (κ1) is 6.52. The second-order valence-electron chi connectivity index (χ2n) is 2.10. The van der Waals surface area contributed by atoms with Crippen LogP contribution in [0.15, 0.2) is 0 Å². The van der Waals surface area contributed by atoms with Crippen LogP contribution in [-0.4, -0.2) is 23.0 Å². The standard InChI is InChI=1S/C5H9BrNO/c6-5-1-3-7(8)4-2-5/h5H,1-4H2/q-1. The summed E-state index contributed by atoms with van der Waals surface area (Å²) in [6.07, 6.45) is 2.01. The molecule has 0 amide bonds. The van der Waals surface area contributed by atoms with Gasteiger partial charge in [-0.3, -0.25) is 0 Å². The summed E-state index contributed by atoms with van der Waals surface area (Å²) in [5.74, 6) is 0. The minimum Gasteiger partial charge on any atom is -0.785 e. The molecule has 0 aliphatic carbocycles. The van der Waals surface area contributed by atoms with Gasteiger partial charge in [-0.2, -0.15) is 0 Å². The van der Waals surface area contributed by atoms with E-state index in [0.717, 1.165) is 17.9 Å². The minimum absolute atomic E-state index is 0.590. The molecule has 0 bridgehead atoms. The zero-order valence-corrected chi connectivity index (χ0v) is 6.23. The van der Waals surface area contributed by atoms with Crippen molar-refractivity contribution in [2.24, 2.45) is 0 Å². The molecule has 0 spiro atoms. The lowest BCUT2D eigenvalue weighted by Gasteiger charge is -2.34. The fourth-order valence-electron chi connectivity index (χ4n) is 0.824. The summed E-state index contributed by atoms with van der Waals surface area (Å²) in [4.78, 5) is 0.590. The van der Waals surface area contributed by atoms with Crippen LogP contribution >= 0.6 is 15.9 Å². The number of alkyl halides is 1. The van der Waals surface area contributed by atoms with Gasteiger partial charge in [0.2, 0.25) is 0 Å². The van der Waals surface area contributed by atoms with Crippen molar-refractivity contribution in [3.05, 3.63) is 5.21 Å². The molecule has 0 aromatic rings. The maximum Gasteiger partial charge on any atom is 0.0169 e. The third kappa shape index (κ3) is 1.73. The van der Waals surface area contributed by atoms with E-state index in [9.17, 15) is 5.21 Å². The lowest BCUT2D eigenvalue weighted by atomic mass is 10.2. The van der Waals surface area contributed by atoms with Crippen LogP contribution in [0, 0.1) is 5.21 Å². The second kappa shape index (κ2) is 2.80. The molecule has 8 heavy (non-hydrogen) atoms. The predicted molar refractivity (Wildman–Crippen MR) is 36.9 cm³/mol.